The van der Waals surface area contributed by atoms with E-state index >= 15 is 0 Å². The second-order valence-electron chi connectivity index (χ2n) is 8.94. The van der Waals surface area contributed by atoms with Gasteiger partial charge in [-0.1, -0.05) is 0 Å². The van der Waals surface area contributed by atoms with Crippen LogP contribution in [0, 0.1) is 0 Å². The molecule has 0 saturated carbocycles. The lowest BCUT2D eigenvalue weighted by Gasteiger charge is -2.29. The Morgan fingerprint density at radius 2 is 1.49 bits per heavy atom. The number of anilines is 2. The van der Waals surface area contributed by atoms with Crippen LogP contribution in [0.3, 0.4) is 0 Å². The van der Waals surface area contributed by atoms with Crippen molar-refractivity contribution in [3.8, 4) is 0 Å². The molecule has 3 aliphatic rings. The maximum atomic E-state index is 11.9. The second-order valence-corrected chi connectivity index (χ2v) is 8.94. The summed E-state index contributed by atoms with van der Waals surface area (Å²) in [6.07, 6.45) is 1.45. The molecule has 0 bridgehead atoms. The standard InChI is InChI=1S/C11H18N4O2.C6H10N4.C4H8O2.2ClH/c1-11(2,3)17-10(16)15-5-4-8-7(6-15)9(12)14-13-8;7-6-4-3-8-2-1-5(4)9-10-6;1-2-6-4-3-5-1;;/h4-6H2,1-3H3,(H3,12,13,14);8H,1-3H2,(H3,7,9,10);1-4H2;2*1H. The van der Waals surface area contributed by atoms with E-state index in [4.69, 9.17) is 25.7 Å². The van der Waals surface area contributed by atoms with Crippen LogP contribution in [0.2, 0.25) is 0 Å². The number of carbonyl (C=O) groups excluding carboxylic acids is 1. The van der Waals surface area contributed by atoms with Crippen molar-refractivity contribution in [2.45, 2.75) is 52.3 Å². The number of halogens is 2. The molecule has 5 rings (SSSR count). The van der Waals surface area contributed by atoms with E-state index in [1.807, 2.05) is 20.8 Å². The summed E-state index contributed by atoms with van der Waals surface area (Å²) < 4.78 is 15.2. The topological polar surface area (TPSA) is 169 Å². The molecule has 5 heterocycles. The van der Waals surface area contributed by atoms with Crippen molar-refractivity contribution in [3.63, 3.8) is 0 Å². The molecule has 0 aliphatic carbocycles. The molecule has 12 nitrogen and oxygen atoms in total. The van der Waals surface area contributed by atoms with Gasteiger partial charge in [0.2, 0.25) is 0 Å². The smallest absolute Gasteiger partial charge is 0.410 e. The van der Waals surface area contributed by atoms with Crippen molar-refractivity contribution >= 4 is 42.5 Å². The molecule has 200 valence electrons. The molecule has 1 amide bonds. The molecule has 35 heavy (non-hydrogen) atoms. The molecule has 2 aromatic heterocycles. The first-order valence-corrected chi connectivity index (χ1v) is 11.2. The Kier molecular flexibility index (Phi) is 12.6. The molecule has 0 radical (unpaired) electrons. The highest BCUT2D eigenvalue weighted by atomic mass is 35.5. The highest BCUT2D eigenvalue weighted by molar-refractivity contribution is 5.85. The van der Waals surface area contributed by atoms with Crippen LogP contribution >= 0.6 is 24.8 Å². The van der Waals surface area contributed by atoms with Gasteiger partial charge in [-0.15, -0.1) is 24.8 Å². The maximum Gasteiger partial charge on any atom is 0.410 e. The third-order valence-electron chi connectivity index (χ3n) is 5.20. The van der Waals surface area contributed by atoms with Crippen molar-refractivity contribution in [2.75, 3.05) is 51.0 Å². The number of carbonyl (C=O) groups is 1. The summed E-state index contributed by atoms with van der Waals surface area (Å²) in [6, 6.07) is 0. The lowest BCUT2D eigenvalue weighted by molar-refractivity contribution is -0.0334. The van der Waals surface area contributed by atoms with Crippen LogP contribution < -0.4 is 16.8 Å². The Balaban J connectivity index is 0.000000288. The van der Waals surface area contributed by atoms with Gasteiger partial charge in [0.25, 0.3) is 0 Å². The number of nitrogens with one attached hydrogen (secondary N) is 3. The van der Waals surface area contributed by atoms with Gasteiger partial charge in [-0.25, -0.2) is 4.79 Å². The SMILES string of the molecule is C1COCCO1.CC(C)(C)OC(=O)N1CCc2[nH]nc(N)c2C1.Cl.Cl.Nc1n[nH]c2c1CNCC2. The summed E-state index contributed by atoms with van der Waals surface area (Å²) in [4.78, 5) is 13.5. The van der Waals surface area contributed by atoms with Crippen LogP contribution in [0.25, 0.3) is 0 Å². The van der Waals surface area contributed by atoms with Crippen LogP contribution in [0.4, 0.5) is 16.4 Å². The number of nitrogen functional groups attached to an aromatic ring is 2. The van der Waals surface area contributed by atoms with Gasteiger partial charge < -0.3 is 35.9 Å². The third-order valence-corrected chi connectivity index (χ3v) is 5.20. The van der Waals surface area contributed by atoms with Crippen molar-refractivity contribution in [1.29, 1.82) is 0 Å². The average Bonchev–Trinajstić information content (AvgIpc) is 3.37. The molecular weight excluding hydrogens is 499 g/mol. The van der Waals surface area contributed by atoms with Crippen molar-refractivity contribution < 1.29 is 19.0 Å². The van der Waals surface area contributed by atoms with Crippen molar-refractivity contribution in [2.24, 2.45) is 0 Å². The fraction of sp³-hybridized carbons (Fsp3) is 0.667. The summed E-state index contributed by atoms with van der Waals surface area (Å²) >= 11 is 0. The van der Waals surface area contributed by atoms with Crippen LogP contribution in [0.1, 0.15) is 43.3 Å². The number of nitrogens with two attached hydrogens (primary N) is 2. The quantitative estimate of drug-likeness (QED) is 0.336. The first kappa shape index (κ1) is 30.8. The monoisotopic (exact) mass is 536 g/mol. The van der Waals surface area contributed by atoms with Crippen molar-refractivity contribution in [3.05, 3.63) is 22.5 Å². The molecule has 0 spiro atoms. The fourth-order valence-electron chi connectivity index (χ4n) is 3.49. The minimum absolute atomic E-state index is 0. The molecular formula is C21H38Cl2N8O4. The number of aromatic nitrogens is 4. The third kappa shape index (κ3) is 9.37. The van der Waals surface area contributed by atoms with E-state index in [2.05, 4.69) is 25.7 Å². The summed E-state index contributed by atoms with van der Waals surface area (Å²) in [6.45, 7) is 11.6. The van der Waals surface area contributed by atoms with Crippen LogP contribution in [-0.4, -0.2) is 76.5 Å². The Morgan fingerprint density at radius 3 is 2.00 bits per heavy atom. The van der Waals surface area contributed by atoms with Gasteiger partial charge in [-0.2, -0.15) is 10.2 Å². The summed E-state index contributed by atoms with van der Waals surface area (Å²) in [7, 11) is 0. The van der Waals surface area contributed by atoms with E-state index in [9.17, 15) is 4.79 Å². The first-order valence-electron chi connectivity index (χ1n) is 11.2. The average molecular weight is 537 g/mol. The van der Waals surface area contributed by atoms with Gasteiger partial charge >= 0.3 is 6.09 Å². The van der Waals surface area contributed by atoms with Gasteiger partial charge in [0.15, 0.2) is 0 Å². The Labute approximate surface area is 218 Å². The molecule has 3 aliphatic heterocycles. The zero-order valence-corrected chi connectivity index (χ0v) is 22.1. The number of fused-ring (bicyclic) bond motifs is 2. The molecule has 0 atom stereocenters. The lowest BCUT2D eigenvalue weighted by atomic mass is 10.1. The first-order chi connectivity index (χ1) is 15.7. The maximum absolute atomic E-state index is 11.9. The summed E-state index contributed by atoms with van der Waals surface area (Å²) in [5, 5.41) is 16.9. The highest BCUT2D eigenvalue weighted by Crippen LogP contribution is 2.23. The number of H-pyrrole nitrogens is 2. The Hall–Kier alpha value is -2.25. The molecule has 0 aromatic carbocycles. The van der Waals surface area contributed by atoms with Gasteiger partial charge in [-0.05, 0) is 20.8 Å². The number of hydrogen-bond acceptors (Lipinski definition) is 9. The Morgan fingerprint density at radius 1 is 0.943 bits per heavy atom. The van der Waals surface area contributed by atoms with E-state index in [1.54, 1.807) is 4.90 Å². The molecule has 1 saturated heterocycles. The molecule has 14 heteroatoms. The number of nitrogens with zero attached hydrogens (tertiary/aromatic N) is 3. The number of rotatable bonds is 0. The summed E-state index contributed by atoms with van der Waals surface area (Å²) in [5.41, 5.74) is 15.1. The van der Waals surface area contributed by atoms with Gasteiger partial charge in [-0.3, -0.25) is 10.2 Å². The predicted molar refractivity (Wildman–Crippen MR) is 138 cm³/mol. The van der Waals surface area contributed by atoms with Crippen LogP contribution in [0.15, 0.2) is 0 Å². The van der Waals surface area contributed by atoms with Gasteiger partial charge in [0.1, 0.15) is 17.2 Å². The van der Waals surface area contributed by atoms with E-state index in [-0.39, 0.29) is 30.9 Å². The van der Waals surface area contributed by atoms with Gasteiger partial charge in [0, 0.05) is 55.0 Å². The minimum atomic E-state index is -0.473. The zero-order valence-electron chi connectivity index (χ0n) is 20.5. The molecule has 1 fully saturated rings. The number of aromatic amines is 2. The lowest BCUT2D eigenvalue weighted by Crippen LogP contribution is -2.39. The predicted octanol–water partition coefficient (Wildman–Crippen LogP) is 1.80. The Bertz CT molecular complexity index is 900. The van der Waals surface area contributed by atoms with E-state index in [0.717, 1.165) is 69.2 Å². The summed E-state index contributed by atoms with van der Waals surface area (Å²) in [5.74, 6) is 1.11. The normalized spacial score (nSPS) is 16.5. The molecule has 2 aromatic rings. The van der Waals surface area contributed by atoms with E-state index in [1.165, 1.54) is 5.69 Å². The van der Waals surface area contributed by atoms with Crippen LogP contribution in [-0.2, 0) is 40.1 Å². The van der Waals surface area contributed by atoms with Gasteiger partial charge in [0.05, 0.1) is 33.0 Å². The number of amides is 1. The molecule has 0 unspecified atom stereocenters. The second kappa shape index (κ2) is 14.3. The van der Waals surface area contributed by atoms with Crippen LogP contribution in [0.5, 0.6) is 0 Å². The highest BCUT2D eigenvalue weighted by Gasteiger charge is 2.27. The van der Waals surface area contributed by atoms with E-state index < -0.39 is 5.60 Å². The van der Waals surface area contributed by atoms with E-state index in [0.29, 0.717) is 24.7 Å². The molecule has 7 N–H and O–H groups in total. The zero-order chi connectivity index (χ0) is 23.8. The number of hydrogen-bond donors (Lipinski definition) is 5. The number of ether oxygens (including phenoxy) is 3. The van der Waals surface area contributed by atoms with Crippen molar-refractivity contribution in [1.82, 2.24) is 30.6 Å². The minimum Gasteiger partial charge on any atom is -0.444 e. The largest absolute Gasteiger partial charge is 0.444 e. The fourth-order valence-corrected chi connectivity index (χ4v) is 3.49.